The summed E-state index contributed by atoms with van der Waals surface area (Å²) in [6.07, 6.45) is 3.23. The molecule has 0 aliphatic carbocycles. The Kier molecular flexibility index (Phi) is 7.89. The fourth-order valence-electron chi connectivity index (χ4n) is 2.93. The fraction of sp³-hybridized carbons (Fsp3) is 0.632. The second-order valence-electron chi connectivity index (χ2n) is 6.30. The van der Waals surface area contributed by atoms with Gasteiger partial charge in [-0.2, -0.15) is 0 Å². The highest BCUT2D eigenvalue weighted by atomic mass is 16.5. The summed E-state index contributed by atoms with van der Waals surface area (Å²) in [6.45, 7) is 6.61. The Bertz CT molecular complexity index is 496. The molecule has 134 valence electrons. The van der Waals surface area contributed by atoms with Crippen LogP contribution in [0.2, 0.25) is 0 Å². The van der Waals surface area contributed by atoms with Crippen LogP contribution in [-0.2, 0) is 11.2 Å². The zero-order valence-corrected chi connectivity index (χ0v) is 15.3. The third-order valence-electron chi connectivity index (χ3n) is 4.30. The molecule has 24 heavy (non-hydrogen) atoms. The third kappa shape index (κ3) is 6.04. The van der Waals surface area contributed by atoms with Gasteiger partial charge in [-0.15, -0.1) is 0 Å². The Balaban J connectivity index is 1.78. The molecule has 0 bridgehead atoms. The molecule has 0 spiro atoms. The van der Waals surface area contributed by atoms with E-state index in [4.69, 9.17) is 14.5 Å². The van der Waals surface area contributed by atoms with Crippen LogP contribution in [0.4, 0.5) is 0 Å². The van der Waals surface area contributed by atoms with E-state index >= 15 is 0 Å². The van der Waals surface area contributed by atoms with Crippen LogP contribution < -0.4 is 10.1 Å². The second-order valence-corrected chi connectivity index (χ2v) is 6.30. The zero-order valence-electron chi connectivity index (χ0n) is 15.3. The summed E-state index contributed by atoms with van der Waals surface area (Å²) in [6, 6.07) is 8.28. The number of aryl methyl sites for hydroxylation is 1. The van der Waals surface area contributed by atoms with Crippen molar-refractivity contribution in [2.45, 2.75) is 26.2 Å². The molecule has 1 saturated heterocycles. The first-order chi connectivity index (χ1) is 11.7. The SMILES string of the molecule is CCNC(=NCCCc1ccc(OC)cc1)N(C)CC1CCOC1. The van der Waals surface area contributed by atoms with E-state index in [1.807, 2.05) is 12.1 Å². The lowest BCUT2D eigenvalue weighted by Crippen LogP contribution is -2.41. The zero-order chi connectivity index (χ0) is 17.2. The first-order valence-electron chi connectivity index (χ1n) is 8.93. The number of ether oxygens (including phenoxy) is 2. The molecule has 0 saturated carbocycles. The number of nitrogens with zero attached hydrogens (tertiary/aromatic N) is 2. The van der Waals surface area contributed by atoms with E-state index in [2.05, 4.69) is 36.3 Å². The normalized spacial score (nSPS) is 17.8. The summed E-state index contributed by atoms with van der Waals surface area (Å²) >= 11 is 0. The highest BCUT2D eigenvalue weighted by Crippen LogP contribution is 2.14. The average Bonchev–Trinajstić information content (AvgIpc) is 3.11. The number of hydrogen-bond donors (Lipinski definition) is 1. The van der Waals surface area contributed by atoms with Crippen LogP contribution in [0.5, 0.6) is 5.75 Å². The molecule has 1 aliphatic heterocycles. The summed E-state index contributed by atoms with van der Waals surface area (Å²) in [5, 5.41) is 3.39. The molecule has 5 heteroatoms. The Hall–Kier alpha value is -1.75. The highest BCUT2D eigenvalue weighted by molar-refractivity contribution is 5.79. The van der Waals surface area contributed by atoms with Gasteiger partial charge in [-0.1, -0.05) is 12.1 Å². The molecule has 1 fully saturated rings. The van der Waals surface area contributed by atoms with E-state index in [1.165, 1.54) is 5.56 Å². The van der Waals surface area contributed by atoms with Crippen molar-refractivity contribution in [3.8, 4) is 5.75 Å². The fourth-order valence-corrected chi connectivity index (χ4v) is 2.93. The monoisotopic (exact) mass is 333 g/mol. The summed E-state index contributed by atoms with van der Waals surface area (Å²) < 4.78 is 10.7. The minimum absolute atomic E-state index is 0.623. The van der Waals surface area contributed by atoms with Gasteiger partial charge < -0.3 is 19.7 Å². The van der Waals surface area contributed by atoms with Gasteiger partial charge in [0.1, 0.15) is 5.75 Å². The molecular formula is C19H31N3O2. The highest BCUT2D eigenvalue weighted by Gasteiger charge is 2.18. The van der Waals surface area contributed by atoms with Gasteiger partial charge in [-0.25, -0.2) is 0 Å². The van der Waals surface area contributed by atoms with Gasteiger partial charge in [0.25, 0.3) is 0 Å². The number of hydrogen-bond acceptors (Lipinski definition) is 3. The molecule has 5 nitrogen and oxygen atoms in total. The summed E-state index contributed by atoms with van der Waals surface area (Å²) in [5.74, 6) is 2.53. The quantitative estimate of drug-likeness (QED) is 0.451. The number of methoxy groups -OCH3 is 1. The van der Waals surface area contributed by atoms with Gasteiger partial charge in [0.2, 0.25) is 0 Å². The predicted octanol–water partition coefficient (Wildman–Crippen LogP) is 2.56. The molecule has 1 atom stereocenters. The Labute approximate surface area is 146 Å². The van der Waals surface area contributed by atoms with Crippen LogP contribution in [0.15, 0.2) is 29.3 Å². The van der Waals surface area contributed by atoms with Crippen molar-refractivity contribution in [3.05, 3.63) is 29.8 Å². The molecule has 1 aromatic carbocycles. The largest absolute Gasteiger partial charge is 0.497 e. The Morgan fingerprint density at radius 3 is 2.79 bits per heavy atom. The lowest BCUT2D eigenvalue weighted by molar-refractivity contribution is 0.181. The topological polar surface area (TPSA) is 46.1 Å². The van der Waals surface area contributed by atoms with Gasteiger partial charge in [0, 0.05) is 39.2 Å². The summed E-state index contributed by atoms with van der Waals surface area (Å²) in [5.41, 5.74) is 1.33. The van der Waals surface area contributed by atoms with Crippen LogP contribution in [-0.4, -0.2) is 57.9 Å². The molecule has 1 N–H and O–H groups in total. The molecule has 0 radical (unpaired) electrons. The maximum atomic E-state index is 5.47. The summed E-state index contributed by atoms with van der Waals surface area (Å²) in [7, 11) is 3.81. The van der Waals surface area contributed by atoms with E-state index in [-0.39, 0.29) is 0 Å². The van der Waals surface area contributed by atoms with E-state index in [1.54, 1.807) is 7.11 Å². The van der Waals surface area contributed by atoms with Gasteiger partial charge in [0.15, 0.2) is 5.96 Å². The maximum absolute atomic E-state index is 5.47. The van der Waals surface area contributed by atoms with Crippen molar-refractivity contribution >= 4 is 5.96 Å². The minimum Gasteiger partial charge on any atom is -0.497 e. The standard InChI is InChI=1S/C19H31N3O2/c1-4-20-19(22(2)14-17-11-13-24-15-17)21-12-5-6-16-7-9-18(23-3)10-8-16/h7-10,17H,4-6,11-15H2,1-3H3,(H,20,21). The second kappa shape index (κ2) is 10.2. The van der Waals surface area contributed by atoms with Gasteiger partial charge >= 0.3 is 0 Å². The van der Waals surface area contributed by atoms with E-state index in [9.17, 15) is 0 Å². The summed E-state index contributed by atoms with van der Waals surface area (Å²) in [4.78, 5) is 7.00. The molecule has 1 aliphatic rings. The smallest absolute Gasteiger partial charge is 0.193 e. The Morgan fingerprint density at radius 2 is 2.17 bits per heavy atom. The van der Waals surface area contributed by atoms with Crippen molar-refractivity contribution in [3.63, 3.8) is 0 Å². The van der Waals surface area contributed by atoms with Crippen LogP contribution >= 0.6 is 0 Å². The van der Waals surface area contributed by atoms with E-state index in [0.717, 1.165) is 63.8 Å². The van der Waals surface area contributed by atoms with Crippen molar-refractivity contribution in [1.29, 1.82) is 0 Å². The van der Waals surface area contributed by atoms with Crippen molar-refractivity contribution in [2.24, 2.45) is 10.9 Å². The number of aliphatic imine (C=N–C) groups is 1. The third-order valence-corrected chi connectivity index (χ3v) is 4.30. The maximum Gasteiger partial charge on any atom is 0.193 e. The molecule has 1 heterocycles. The van der Waals surface area contributed by atoms with Crippen LogP contribution in [0.25, 0.3) is 0 Å². The van der Waals surface area contributed by atoms with E-state index < -0.39 is 0 Å². The lowest BCUT2D eigenvalue weighted by atomic mass is 10.1. The number of guanidine groups is 1. The average molecular weight is 333 g/mol. The van der Waals surface area contributed by atoms with Gasteiger partial charge in [-0.3, -0.25) is 4.99 Å². The van der Waals surface area contributed by atoms with Gasteiger partial charge in [0.05, 0.1) is 13.7 Å². The molecule has 1 aromatic rings. The molecule has 1 unspecified atom stereocenters. The van der Waals surface area contributed by atoms with Crippen molar-refractivity contribution < 1.29 is 9.47 Å². The van der Waals surface area contributed by atoms with E-state index in [0.29, 0.717) is 5.92 Å². The first kappa shape index (κ1) is 18.6. The van der Waals surface area contributed by atoms with Crippen LogP contribution in [0.3, 0.4) is 0 Å². The van der Waals surface area contributed by atoms with Crippen molar-refractivity contribution in [1.82, 2.24) is 10.2 Å². The number of nitrogens with one attached hydrogen (secondary N) is 1. The molecule has 2 rings (SSSR count). The molecule has 0 aromatic heterocycles. The minimum atomic E-state index is 0.623. The van der Waals surface area contributed by atoms with Crippen molar-refractivity contribution in [2.75, 3.05) is 47.0 Å². The van der Waals surface area contributed by atoms with Crippen LogP contribution in [0.1, 0.15) is 25.3 Å². The molecular weight excluding hydrogens is 302 g/mol. The van der Waals surface area contributed by atoms with Gasteiger partial charge in [-0.05, 0) is 43.9 Å². The number of rotatable bonds is 8. The molecule has 0 amide bonds. The predicted molar refractivity (Wildman–Crippen MR) is 98.8 cm³/mol. The Morgan fingerprint density at radius 1 is 1.38 bits per heavy atom. The number of benzene rings is 1. The first-order valence-corrected chi connectivity index (χ1v) is 8.93. The van der Waals surface area contributed by atoms with Crippen LogP contribution in [0, 0.1) is 5.92 Å². The lowest BCUT2D eigenvalue weighted by Gasteiger charge is -2.24.